The van der Waals surface area contributed by atoms with E-state index in [0.717, 1.165) is 11.3 Å². The lowest BCUT2D eigenvalue weighted by atomic mass is 10.1. The molecule has 1 aromatic carbocycles. The number of benzene rings is 1. The van der Waals surface area contributed by atoms with E-state index in [1.54, 1.807) is 6.07 Å². The zero-order valence-corrected chi connectivity index (χ0v) is 14.4. The van der Waals surface area contributed by atoms with Gasteiger partial charge in [-0.15, -0.1) is 11.3 Å². The smallest absolute Gasteiger partial charge is 0.357 e. The number of hydrogen-bond acceptors (Lipinski definition) is 8. The highest BCUT2D eigenvalue weighted by molar-refractivity contribution is 7.14. The van der Waals surface area contributed by atoms with E-state index in [2.05, 4.69) is 15.0 Å². The molecule has 0 saturated heterocycles. The van der Waals surface area contributed by atoms with E-state index < -0.39 is 11.9 Å². The predicted octanol–water partition coefficient (Wildman–Crippen LogP) is 2.21. The molecule has 128 valence electrons. The molecule has 0 unspecified atom stereocenters. The van der Waals surface area contributed by atoms with Gasteiger partial charge in [0, 0.05) is 17.5 Å². The molecule has 1 amide bonds. The Morgan fingerprint density at radius 3 is 2.21 bits per heavy atom. The van der Waals surface area contributed by atoms with Crippen LogP contribution in [0.2, 0.25) is 0 Å². The van der Waals surface area contributed by atoms with Crippen LogP contribution in [-0.2, 0) is 4.74 Å². The molecule has 1 N–H and O–H groups in total. The second-order valence-electron chi connectivity index (χ2n) is 4.39. The molecule has 2 aromatic rings. The van der Waals surface area contributed by atoms with Crippen molar-refractivity contribution in [1.82, 2.24) is 4.98 Å². The first kappa shape index (κ1) is 17.5. The largest absolute Gasteiger partial charge is 0.496 e. The molecule has 0 saturated carbocycles. The molecule has 8 nitrogen and oxygen atoms in total. The maximum atomic E-state index is 12.5. The number of esters is 1. The van der Waals surface area contributed by atoms with Gasteiger partial charge in [-0.2, -0.15) is 0 Å². The number of ether oxygens (including phenoxy) is 4. The van der Waals surface area contributed by atoms with E-state index >= 15 is 0 Å². The molecule has 0 radical (unpaired) electrons. The van der Waals surface area contributed by atoms with Gasteiger partial charge >= 0.3 is 5.97 Å². The van der Waals surface area contributed by atoms with Crippen molar-refractivity contribution in [3.63, 3.8) is 0 Å². The Bertz CT molecular complexity index is 758. The van der Waals surface area contributed by atoms with E-state index in [1.165, 1.54) is 39.9 Å². The number of nitrogens with one attached hydrogen (secondary N) is 1. The van der Waals surface area contributed by atoms with Gasteiger partial charge in [-0.05, 0) is 0 Å². The maximum absolute atomic E-state index is 12.5. The number of carbonyl (C=O) groups is 2. The Balaban J connectivity index is 2.28. The minimum absolute atomic E-state index is 0.122. The fourth-order valence-corrected chi connectivity index (χ4v) is 2.58. The first-order valence-electron chi connectivity index (χ1n) is 6.69. The standard InChI is InChI=1S/C15H16N2O6S/c1-20-10-6-12(22-3)11(21-2)5-8(10)13(18)17-15-16-9(7-24-15)14(19)23-4/h5-7H,1-4H3,(H,16,17,18). The fourth-order valence-electron chi connectivity index (χ4n) is 1.90. The summed E-state index contributed by atoms with van der Waals surface area (Å²) < 4.78 is 20.2. The van der Waals surface area contributed by atoms with Gasteiger partial charge < -0.3 is 18.9 Å². The molecular formula is C15H16N2O6S. The second kappa shape index (κ2) is 7.64. The Morgan fingerprint density at radius 1 is 1.00 bits per heavy atom. The summed E-state index contributed by atoms with van der Waals surface area (Å²) in [5.74, 6) is 0.106. The van der Waals surface area contributed by atoms with Gasteiger partial charge in [-0.25, -0.2) is 9.78 Å². The quantitative estimate of drug-likeness (QED) is 0.796. The molecule has 0 atom stereocenters. The van der Waals surface area contributed by atoms with Gasteiger partial charge in [-0.1, -0.05) is 0 Å². The van der Waals surface area contributed by atoms with Crippen LogP contribution >= 0.6 is 11.3 Å². The highest BCUT2D eigenvalue weighted by Gasteiger charge is 2.19. The van der Waals surface area contributed by atoms with Gasteiger partial charge in [0.05, 0.1) is 34.0 Å². The maximum Gasteiger partial charge on any atom is 0.357 e. The summed E-state index contributed by atoms with van der Waals surface area (Å²) in [4.78, 5) is 27.9. The van der Waals surface area contributed by atoms with Crippen LogP contribution in [0.4, 0.5) is 5.13 Å². The third-order valence-electron chi connectivity index (χ3n) is 3.07. The average Bonchev–Trinajstić information content (AvgIpc) is 3.07. The van der Waals surface area contributed by atoms with Crippen LogP contribution in [0, 0.1) is 0 Å². The van der Waals surface area contributed by atoms with Crippen molar-refractivity contribution in [1.29, 1.82) is 0 Å². The lowest BCUT2D eigenvalue weighted by molar-refractivity contribution is 0.0594. The number of anilines is 1. The summed E-state index contributed by atoms with van der Waals surface area (Å²) >= 11 is 1.11. The lowest BCUT2D eigenvalue weighted by Gasteiger charge is -2.13. The van der Waals surface area contributed by atoms with Crippen molar-refractivity contribution >= 4 is 28.3 Å². The lowest BCUT2D eigenvalue weighted by Crippen LogP contribution is -2.14. The van der Waals surface area contributed by atoms with Crippen molar-refractivity contribution in [2.45, 2.75) is 0 Å². The minimum atomic E-state index is -0.574. The van der Waals surface area contributed by atoms with Crippen molar-refractivity contribution < 1.29 is 28.5 Å². The Morgan fingerprint density at radius 2 is 1.62 bits per heavy atom. The summed E-state index contributed by atoms with van der Waals surface area (Å²) in [5.41, 5.74) is 0.363. The highest BCUT2D eigenvalue weighted by Crippen LogP contribution is 2.35. The molecule has 1 heterocycles. The molecular weight excluding hydrogens is 336 g/mol. The molecule has 0 fully saturated rings. The number of nitrogens with zero attached hydrogens (tertiary/aromatic N) is 1. The second-order valence-corrected chi connectivity index (χ2v) is 5.25. The van der Waals surface area contributed by atoms with E-state index in [1.807, 2.05) is 0 Å². The number of amides is 1. The molecule has 24 heavy (non-hydrogen) atoms. The van der Waals surface area contributed by atoms with Crippen LogP contribution in [0.1, 0.15) is 20.8 Å². The normalized spacial score (nSPS) is 10.0. The Kier molecular flexibility index (Phi) is 5.59. The van der Waals surface area contributed by atoms with Gasteiger partial charge in [0.25, 0.3) is 5.91 Å². The molecule has 0 aliphatic rings. The monoisotopic (exact) mass is 352 g/mol. The van der Waals surface area contributed by atoms with E-state index in [-0.39, 0.29) is 16.4 Å². The van der Waals surface area contributed by atoms with Gasteiger partial charge in [0.2, 0.25) is 0 Å². The van der Waals surface area contributed by atoms with Crippen LogP contribution in [0.3, 0.4) is 0 Å². The highest BCUT2D eigenvalue weighted by atomic mass is 32.1. The zero-order valence-electron chi connectivity index (χ0n) is 13.5. The van der Waals surface area contributed by atoms with Crippen LogP contribution in [-0.4, -0.2) is 45.3 Å². The number of aromatic nitrogens is 1. The number of hydrogen-bond donors (Lipinski definition) is 1. The molecule has 9 heteroatoms. The number of rotatable bonds is 6. The van der Waals surface area contributed by atoms with Crippen molar-refractivity contribution in [3.8, 4) is 17.2 Å². The van der Waals surface area contributed by atoms with E-state index in [4.69, 9.17) is 14.2 Å². The first-order valence-corrected chi connectivity index (χ1v) is 7.57. The summed E-state index contributed by atoms with van der Waals surface area (Å²) in [7, 11) is 5.65. The van der Waals surface area contributed by atoms with E-state index in [0.29, 0.717) is 17.2 Å². The van der Waals surface area contributed by atoms with Crippen molar-refractivity contribution in [3.05, 3.63) is 28.8 Å². The third kappa shape index (κ3) is 3.57. The fraction of sp³-hybridized carbons (Fsp3) is 0.267. The topological polar surface area (TPSA) is 96.0 Å². The van der Waals surface area contributed by atoms with Crippen molar-refractivity contribution in [2.24, 2.45) is 0 Å². The molecule has 0 bridgehead atoms. The van der Waals surface area contributed by atoms with Crippen LogP contribution in [0.15, 0.2) is 17.5 Å². The van der Waals surface area contributed by atoms with Crippen LogP contribution < -0.4 is 19.5 Å². The van der Waals surface area contributed by atoms with Gasteiger partial charge in [0.15, 0.2) is 22.3 Å². The molecule has 2 rings (SSSR count). The zero-order chi connectivity index (χ0) is 17.7. The minimum Gasteiger partial charge on any atom is -0.496 e. The van der Waals surface area contributed by atoms with Gasteiger partial charge in [-0.3, -0.25) is 10.1 Å². The Labute approximate surface area is 142 Å². The first-order chi connectivity index (χ1) is 11.5. The van der Waals surface area contributed by atoms with E-state index in [9.17, 15) is 9.59 Å². The number of thiazole rings is 1. The van der Waals surface area contributed by atoms with Crippen molar-refractivity contribution in [2.75, 3.05) is 33.8 Å². The van der Waals surface area contributed by atoms with Crippen LogP contribution in [0.25, 0.3) is 0 Å². The average molecular weight is 352 g/mol. The third-order valence-corrected chi connectivity index (χ3v) is 3.83. The summed E-state index contributed by atoms with van der Waals surface area (Å²) in [6, 6.07) is 3.05. The molecule has 0 spiro atoms. The summed E-state index contributed by atoms with van der Waals surface area (Å²) in [6.07, 6.45) is 0. The summed E-state index contributed by atoms with van der Waals surface area (Å²) in [5, 5.41) is 4.36. The van der Waals surface area contributed by atoms with Gasteiger partial charge in [0.1, 0.15) is 5.75 Å². The Hall–Kier alpha value is -2.81. The SMILES string of the molecule is COC(=O)c1csc(NC(=O)c2cc(OC)c(OC)cc2OC)n1. The predicted molar refractivity (Wildman–Crippen MR) is 87.5 cm³/mol. The van der Waals surface area contributed by atoms with Crippen LogP contribution in [0.5, 0.6) is 17.2 Å². The number of methoxy groups -OCH3 is 4. The number of carbonyl (C=O) groups excluding carboxylic acids is 2. The molecule has 0 aliphatic heterocycles. The molecule has 0 aliphatic carbocycles. The summed E-state index contributed by atoms with van der Waals surface area (Å²) in [6.45, 7) is 0. The molecule has 1 aromatic heterocycles.